The van der Waals surface area contributed by atoms with E-state index in [9.17, 15) is 13.2 Å². The van der Waals surface area contributed by atoms with Gasteiger partial charge in [-0.25, -0.2) is 0 Å². The molecule has 0 bridgehead atoms. The Morgan fingerprint density at radius 3 is 2.43 bits per heavy atom. The summed E-state index contributed by atoms with van der Waals surface area (Å²) in [5, 5.41) is 13.1. The zero-order valence-corrected chi connectivity index (χ0v) is 19.8. The minimum atomic E-state index is -4.51. The maximum Gasteiger partial charge on any atom is 0.416 e. The molecule has 1 aromatic heterocycles. The van der Waals surface area contributed by atoms with Crippen LogP contribution in [0.1, 0.15) is 11.1 Å². The van der Waals surface area contributed by atoms with Gasteiger partial charge in [-0.3, -0.25) is 5.10 Å². The summed E-state index contributed by atoms with van der Waals surface area (Å²) >= 11 is 0. The standard InChI is InChI=1S/C25H22F3N5O4/c1-34-17-7-14(8-18(11-17)35-2)12-29-20-9-15(25(26,27)28)3-5-19(20)23-31-24(33-32-23)30-16-4-6-21-22(10-16)37-13-36-21/h3-11,29H,12-13H2,1-2H3,(H2,30,31,32,33). The fourth-order valence-electron chi connectivity index (χ4n) is 3.78. The Hall–Kier alpha value is -4.61. The summed E-state index contributed by atoms with van der Waals surface area (Å²) in [7, 11) is 3.05. The van der Waals surface area contributed by atoms with Gasteiger partial charge in [-0.1, -0.05) is 0 Å². The molecule has 4 aromatic rings. The summed E-state index contributed by atoms with van der Waals surface area (Å²) in [5.74, 6) is 2.87. The van der Waals surface area contributed by atoms with Crippen LogP contribution < -0.4 is 29.6 Å². The molecule has 0 saturated heterocycles. The van der Waals surface area contributed by atoms with Gasteiger partial charge in [-0.2, -0.15) is 18.2 Å². The SMILES string of the molecule is COc1cc(CNc2cc(C(F)(F)F)ccc2-c2nc(Nc3ccc4c(c3)OCO4)n[nH]2)cc(OC)c1. The molecule has 3 aromatic carbocycles. The molecule has 1 aliphatic rings. The Labute approximate surface area is 209 Å². The van der Waals surface area contributed by atoms with Gasteiger partial charge in [0, 0.05) is 35.6 Å². The molecular formula is C25H22F3N5O4. The average molecular weight is 513 g/mol. The maximum absolute atomic E-state index is 13.5. The predicted octanol–water partition coefficient (Wildman–Crippen LogP) is 5.59. The van der Waals surface area contributed by atoms with Gasteiger partial charge >= 0.3 is 6.18 Å². The van der Waals surface area contributed by atoms with Crippen molar-refractivity contribution >= 4 is 17.3 Å². The van der Waals surface area contributed by atoms with E-state index in [1.54, 1.807) is 36.4 Å². The number of halogens is 3. The van der Waals surface area contributed by atoms with Crippen molar-refractivity contribution in [1.82, 2.24) is 15.2 Å². The van der Waals surface area contributed by atoms with Crippen molar-refractivity contribution in [1.29, 1.82) is 0 Å². The van der Waals surface area contributed by atoms with Gasteiger partial charge in [0.2, 0.25) is 12.7 Å². The first-order valence-electron chi connectivity index (χ1n) is 11.1. The number of fused-ring (bicyclic) bond motifs is 1. The van der Waals surface area contributed by atoms with Crippen LogP contribution in [0.15, 0.2) is 54.6 Å². The van der Waals surface area contributed by atoms with E-state index in [0.717, 1.165) is 17.7 Å². The molecule has 9 nitrogen and oxygen atoms in total. The number of aromatic nitrogens is 3. The summed E-state index contributed by atoms with van der Waals surface area (Å²) in [6.07, 6.45) is -4.51. The number of alkyl halides is 3. The maximum atomic E-state index is 13.5. The van der Waals surface area contributed by atoms with Crippen molar-refractivity contribution in [2.24, 2.45) is 0 Å². The van der Waals surface area contributed by atoms with E-state index in [2.05, 4.69) is 25.8 Å². The topological polar surface area (TPSA) is 103 Å². The number of H-pyrrole nitrogens is 1. The highest BCUT2D eigenvalue weighted by atomic mass is 19.4. The van der Waals surface area contributed by atoms with Crippen LogP contribution in [-0.2, 0) is 12.7 Å². The highest BCUT2D eigenvalue weighted by Crippen LogP contribution is 2.37. The third-order valence-electron chi connectivity index (χ3n) is 5.61. The highest BCUT2D eigenvalue weighted by Gasteiger charge is 2.31. The highest BCUT2D eigenvalue weighted by molar-refractivity contribution is 5.75. The number of hydrogen-bond donors (Lipinski definition) is 3. The molecule has 1 aliphatic heterocycles. The van der Waals surface area contributed by atoms with Gasteiger partial charge in [0.1, 0.15) is 11.5 Å². The largest absolute Gasteiger partial charge is 0.497 e. The van der Waals surface area contributed by atoms with Crippen LogP contribution in [0.2, 0.25) is 0 Å². The summed E-state index contributed by atoms with van der Waals surface area (Å²) in [6, 6.07) is 13.9. The van der Waals surface area contributed by atoms with Crippen LogP contribution in [0, 0.1) is 0 Å². The monoisotopic (exact) mass is 513 g/mol. The minimum Gasteiger partial charge on any atom is -0.497 e. The van der Waals surface area contributed by atoms with E-state index in [1.165, 1.54) is 20.3 Å². The first-order valence-corrected chi connectivity index (χ1v) is 11.1. The molecule has 192 valence electrons. The van der Waals surface area contributed by atoms with Gasteiger partial charge in [0.05, 0.1) is 19.8 Å². The lowest BCUT2D eigenvalue weighted by Crippen LogP contribution is -2.08. The molecule has 2 heterocycles. The van der Waals surface area contributed by atoms with Crippen LogP contribution in [0.3, 0.4) is 0 Å². The normalized spacial score (nSPS) is 12.4. The molecule has 12 heteroatoms. The smallest absolute Gasteiger partial charge is 0.416 e. The quantitative estimate of drug-likeness (QED) is 0.280. The van der Waals surface area contributed by atoms with Gasteiger partial charge in [0.25, 0.3) is 0 Å². The third-order valence-corrected chi connectivity index (χ3v) is 5.61. The molecular weight excluding hydrogens is 491 g/mol. The fourth-order valence-corrected chi connectivity index (χ4v) is 3.78. The fraction of sp³-hybridized carbons (Fsp3) is 0.200. The van der Waals surface area contributed by atoms with Crippen LogP contribution in [0.4, 0.5) is 30.5 Å². The third kappa shape index (κ3) is 5.32. The second-order valence-corrected chi connectivity index (χ2v) is 8.03. The van der Waals surface area contributed by atoms with Crippen molar-refractivity contribution in [2.75, 3.05) is 31.6 Å². The van der Waals surface area contributed by atoms with Crippen LogP contribution >= 0.6 is 0 Å². The summed E-state index contributed by atoms with van der Waals surface area (Å²) in [4.78, 5) is 4.42. The molecule has 3 N–H and O–H groups in total. The van der Waals surface area contributed by atoms with Crippen molar-refractivity contribution < 1.29 is 32.1 Å². The molecule has 5 rings (SSSR count). The van der Waals surface area contributed by atoms with E-state index in [-0.39, 0.29) is 30.8 Å². The molecule has 0 atom stereocenters. The Kier molecular flexibility index (Phi) is 6.38. The molecule has 37 heavy (non-hydrogen) atoms. The van der Waals surface area contributed by atoms with Crippen LogP contribution in [0.5, 0.6) is 23.0 Å². The number of nitrogens with one attached hydrogen (secondary N) is 3. The molecule has 0 fully saturated rings. The van der Waals surface area contributed by atoms with Crippen molar-refractivity contribution in [3.05, 3.63) is 65.7 Å². The Balaban J connectivity index is 1.41. The number of benzene rings is 3. The van der Waals surface area contributed by atoms with E-state index in [1.807, 2.05) is 0 Å². The number of aromatic amines is 1. The first-order chi connectivity index (χ1) is 17.8. The van der Waals surface area contributed by atoms with Gasteiger partial charge in [-0.05, 0) is 48.0 Å². The summed E-state index contributed by atoms with van der Waals surface area (Å²) in [6.45, 7) is 0.355. The van der Waals surface area contributed by atoms with E-state index in [0.29, 0.717) is 34.2 Å². The lowest BCUT2D eigenvalue weighted by molar-refractivity contribution is -0.137. The predicted molar refractivity (Wildman–Crippen MR) is 130 cm³/mol. The molecule has 0 spiro atoms. The lowest BCUT2D eigenvalue weighted by atomic mass is 10.1. The zero-order chi connectivity index (χ0) is 26.0. The number of anilines is 3. The number of ether oxygens (including phenoxy) is 4. The Bertz CT molecular complexity index is 1400. The van der Waals surface area contributed by atoms with Gasteiger partial charge in [-0.15, -0.1) is 5.10 Å². The second kappa shape index (κ2) is 9.80. The molecule has 0 amide bonds. The molecule has 0 radical (unpaired) electrons. The summed E-state index contributed by atoms with van der Waals surface area (Å²) < 4.78 is 61.7. The van der Waals surface area contributed by atoms with E-state index >= 15 is 0 Å². The van der Waals surface area contributed by atoms with Crippen molar-refractivity contribution in [2.45, 2.75) is 12.7 Å². The van der Waals surface area contributed by atoms with E-state index in [4.69, 9.17) is 18.9 Å². The second-order valence-electron chi connectivity index (χ2n) is 8.03. The molecule has 0 saturated carbocycles. The number of methoxy groups -OCH3 is 2. The first kappa shape index (κ1) is 24.1. The van der Waals surface area contributed by atoms with Gasteiger partial charge < -0.3 is 29.6 Å². The number of rotatable bonds is 8. The Morgan fingerprint density at radius 1 is 0.946 bits per heavy atom. The lowest BCUT2D eigenvalue weighted by Gasteiger charge is -2.15. The van der Waals surface area contributed by atoms with Gasteiger partial charge in [0.15, 0.2) is 17.3 Å². The summed E-state index contributed by atoms with van der Waals surface area (Å²) in [5.41, 5.74) is 1.26. The van der Waals surface area contributed by atoms with E-state index < -0.39 is 11.7 Å². The number of hydrogen-bond acceptors (Lipinski definition) is 8. The van der Waals surface area contributed by atoms with Crippen LogP contribution in [0.25, 0.3) is 11.4 Å². The van der Waals surface area contributed by atoms with Crippen LogP contribution in [-0.4, -0.2) is 36.2 Å². The molecule has 0 unspecified atom stereocenters. The Morgan fingerprint density at radius 2 is 1.70 bits per heavy atom. The van der Waals surface area contributed by atoms with Crippen molar-refractivity contribution in [3.63, 3.8) is 0 Å². The minimum absolute atomic E-state index is 0.149. The zero-order valence-electron chi connectivity index (χ0n) is 19.8. The number of nitrogens with zero attached hydrogens (tertiary/aromatic N) is 2. The molecule has 0 aliphatic carbocycles. The van der Waals surface area contributed by atoms with Crippen molar-refractivity contribution in [3.8, 4) is 34.4 Å². The average Bonchev–Trinajstić information content (AvgIpc) is 3.56.